The van der Waals surface area contributed by atoms with Crippen LogP contribution in [-0.4, -0.2) is 20.6 Å². The van der Waals surface area contributed by atoms with Crippen LogP contribution in [0.15, 0.2) is 71.9 Å². The summed E-state index contributed by atoms with van der Waals surface area (Å²) in [6.07, 6.45) is 6.00. The molecule has 5 nitrogen and oxygen atoms in total. The number of nitrogens with one attached hydrogen (secondary N) is 1. The molecule has 1 unspecified atom stereocenters. The van der Waals surface area contributed by atoms with E-state index in [1.165, 1.54) is 10.9 Å². The second kappa shape index (κ2) is 8.74. The van der Waals surface area contributed by atoms with Gasteiger partial charge in [-0.2, -0.15) is 0 Å². The Morgan fingerprint density at radius 2 is 1.91 bits per heavy atom. The molecule has 0 amide bonds. The number of pyridine rings is 1. The third kappa shape index (κ3) is 3.81. The van der Waals surface area contributed by atoms with Crippen LogP contribution in [0, 0.1) is 5.82 Å². The molecule has 1 aliphatic rings. The van der Waals surface area contributed by atoms with E-state index >= 15 is 0 Å². The summed E-state index contributed by atoms with van der Waals surface area (Å²) in [4.78, 5) is 24.7. The highest BCUT2D eigenvalue weighted by molar-refractivity contribution is 7.18. The fourth-order valence-electron chi connectivity index (χ4n) is 4.86. The normalized spacial score (nSPS) is 15.6. The van der Waals surface area contributed by atoms with E-state index in [0.717, 1.165) is 51.5 Å². The van der Waals surface area contributed by atoms with Crippen LogP contribution in [0.1, 0.15) is 28.0 Å². The van der Waals surface area contributed by atoms with Gasteiger partial charge in [-0.05, 0) is 42.5 Å². The number of hydrogen-bond acceptors (Lipinski definition) is 5. The van der Waals surface area contributed by atoms with Crippen molar-refractivity contribution in [1.82, 2.24) is 19.9 Å². The van der Waals surface area contributed by atoms with E-state index in [1.54, 1.807) is 34.5 Å². The number of aryl methyl sites for hydroxylation is 1. The first-order chi connectivity index (χ1) is 16.7. The van der Waals surface area contributed by atoms with Crippen LogP contribution in [0.4, 0.5) is 4.39 Å². The minimum atomic E-state index is -0.181. The van der Waals surface area contributed by atoms with E-state index in [4.69, 9.17) is 0 Å². The highest BCUT2D eigenvalue weighted by Gasteiger charge is 2.25. The van der Waals surface area contributed by atoms with Crippen molar-refractivity contribution in [1.29, 1.82) is 0 Å². The summed E-state index contributed by atoms with van der Waals surface area (Å²) in [7, 11) is 0. The Labute approximate surface area is 199 Å². The zero-order valence-corrected chi connectivity index (χ0v) is 19.3. The average molecular weight is 471 g/mol. The van der Waals surface area contributed by atoms with E-state index in [9.17, 15) is 9.18 Å². The number of thiophene rings is 1. The van der Waals surface area contributed by atoms with Crippen molar-refractivity contribution in [2.24, 2.45) is 0 Å². The molecule has 1 aliphatic carbocycles. The van der Waals surface area contributed by atoms with E-state index in [2.05, 4.69) is 15.3 Å². The molecule has 0 bridgehead atoms. The molecule has 3 aromatic heterocycles. The van der Waals surface area contributed by atoms with E-state index in [0.29, 0.717) is 18.7 Å². The number of benzene rings is 2. The van der Waals surface area contributed by atoms with Gasteiger partial charge in [-0.1, -0.05) is 42.5 Å². The number of fused-ring (bicyclic) bond motifs is 4. The highest BCUT2D eigenvalue weighted by Crippen LogP contribution is 2.34. The second-order valence-corrected chi connectivity index (χ2v) is 9.85. The Hall–Kier alpha value is -3.42. The second-order valence-electron chi connectivity index (χ2n) is 8.77. The number of rotatable bonds is 5. The third-order valence-electron chi connectivity index (χ3n) is 6.63. The van der Waals surface area contributed by atoms with Gasteiger partial charge in [-0.25, -0.2) is 9.37 Å². The fourth-order valence-corrected chi connectivity index (χ4v) is 6.12. The number of aromatic nitrogens is 3. The topological polar surface area (TPSA) is 59.8 Å². The lowest BCUT2D eigenvalue weighted by atomic mass is 9.93. The van der Waals surface area contributed by atoms with Crippen molar-refractivity contribution >= 4 is 32.5 Å². The molecular formula is C27H23FN4OS. The molecule has 5 aromatic rings. The number of halogens is 1. The quantitative estimate of drug-likeness (QED) is 0.399. The molecule has 0 aliphatic heterocycles. The molecule has 7 heteroatoms. The maximum atomic E-state index is 14.0. The van der Waals surface area contributed by atoms with Gasteiger partial charge in [0.25, 0.3) is 5.56 Å². The standard InChI is InChI=1S/C27H23FN4OS/c28-22-9-2-1-5-18(22)14-30-20-10-11-21-23(13-20)34-26-24(21)27(33)32(16-31-26)15-19-7-3-6-17-8-4-12-29-25(17)19/h1-9,12,16,20,30H,10-11,13-15H2. The summed E-state index contributed by atoms with van der Waals surface area (Å²) in [5.41, 5.74) is 3.73. The van der Waals surface area contributed by atoms with Crippen molar-refractivity contribution in [3.8, 4) is 0 Å². The highest BCUT2D eigenvalue weighted by atomic mass is 32.1. The Bertz CT molecular complexity index is 1570. The molecule has 1 atom stereocenters. The van der Waals surface area contributed by atoms with Crippen molar-refractivity contribution in [2.45, 2.75) is 38.4 Å². The molecule has 0 radical (unpaired) electrons. The molecule has 0 fully saturated rings. The number of hydrogen-bond donors (Lipinski definition) is 1. The van der Waals surface area contributed by atoms with Crippen molar-refractivity contribution in [3.05, 3.63) is 105 Å². The van der Waals surface area contributed by atoms with Crippen LogP contribution in [0.3, 0.4) is 0 Å². The van der Waals surface area contributed by atoms with Gasteiger partial charge in [0.05, 0.1) is 23.8 Å². The molecular weight excluding hydrogens is 447 g/mol. The van der Waals surface area contributed by atoms with Gasteiger partial charge in [0, 0.05) is 34.6 Å². The van der Waals surface area contributed by atoms with Gasteiger partial charge < -0.3 is 5.32 Å². The Balaban J connectivity index is 1.27. The minimum Gasteiger partial charge on any atom is -0.309 e. The van der Waals surface area contributed by atoms with Crippen LogP contribution < -0.4 is 10.9 Å². The molecule has 170 valence electrons. The maximum Gasteiger partial charge on any atom is 0.262 e. The van der Waals surface area contributed by atoms with Gasteiger partial charge >= 0.3 is 0 Å². The van der Waals surface area contributed by atoms with Crippen LogP contribution in [0.25, 0.3) is 21.1 Å². The SMILES string of the molecule is O=c1c2c3c(sc2ncn1Cc1cccc2cccnc12)CC(NCc1ccccc1F)CC3. The average Bonchev–Trinajstić information content (AvgIpc) is 3.24. The molecule has 0 saturated carbocycles. The van der Waals surface area contributed by atoms with Crippen molar-refractivity contribution in [2.75, 3.05) is 0 Å². The van der Waals surface area contributed by atoms with Crippen molar-refractivity contribution < 1.29 is 4.39 Å². The summed E-state index contributed by atoms with van der Waals surface area (Å²) in [5.74, 6) is -0.181. The van der Waals surface area contributed by atoms with E-state index in [-0.39, 0.29) is 17.4 Å². The third-order valence-corrected chi connectivity index (χ3v) is 7.79. The molecule has 0 saturated heterocycles. The smallest absolute Gasteiger partial charge is 0.262 e. The molecule has 2 aromatic carbocycles. The Morgan fingerprint density at radius 1 is 1.06 bits per heavy atom. The number of nitrogens with zero attached hydrogens (tertiary/aromatic N) is 3. The molecule has 0 spiro atoms. The fraction of sp³-hybridized carbons (Fsp3) is 0.222. The van der Waals surface area contributed by atoms with Gasteiger partial charge in [-0.15, -0.1) is 11.3 Å². The Kier molecular flexibility index (Phi) is 5.43. The molecule has 1 N–H and O–H groups in total. The Morgan fingerprint density at radius 3 is 2.82 bits per heavy atom. The molecule has 3 heterocycles. The lowest BCUT2D eigenvalue weighted by Crippen LogP contribution is -2.34. The first-order valence-corrected chi connectivity index (χ1v) is 12.3. The monoisotopic (exact) mass is 470 g/mol. The summed E-state index contributed by atoms with van der Waals surface area (Å²) in [6, 6.07) is 17.1. The van der Waals surface area contributed by atoms with Gasteiger partial charge in [0.2, 0.25) is 0 Å². The first kappa shape index (κ1) is 21.1. The maximum absolute atomic E-state index is 14.0. The summed E-state index contributed by atoms with van der Waals surface area (Å²) >= 11 is 1.61. The lowest BCUT2D eigenvalue weighted by molar-refractivity contribution is 0.456. The van der Waals surface area contributed by atoms with Crippen LogP contribution in [-0.2, 0) is 25.9 Å². The van der Waals surface area contributed by atoms with Crippen LogP contribution >= 0.6 is 11.3 Å². The van der Waals surface area contributed by atoms with Crippen LogP contribution in [0.2, 0.25) is 0 Å². The summed E-state index contributed by atoms with van der Waals surface area (Å²) < 4.78 is 15.7. The van der Waals surface area contributed by atoms with Gasteiger partial charge in [-0.3, -0.25) is 14.3 Å². The van der Waals surface area contributed by atoms with Gasteiger partial charge in [0.1, 0.15) is 10.6 Å². The van der Waals surface area contributed by atoms with E-state index < -0.39 is 0 Å². The predicted molar refractivity (Wildman–Crippen MR) is 134 cm³/mol. The zero-order chi connectivity index (χ0) is 23.1. The van der Waals surface area contributed by atoms with Gasteiger partial charge in [0.15, 0.2) is 0 Å². The largest absolute Gasteiger partial charge is 0.309 e. The number of para-hydroxylation sites is 1. The summed E-state index contributed by atoms with van der Waals surface area (Å²) in [6.45, 7) is 0.940. The van der Waals surface area contributed by atoms with Crippen molar-refractivity contribution in [3.63, 3.8) is 0 Å². The predicted octanol–water partition coefficient (Wildman–Crippen LogP) is 4.84. The first-order valence-electron chi connectivity index (χ1n) is 11.5. The lowest BCUT2D eigenvalue weighted by Gasteiger charge is -2.23. The summed E-state index contributed by atoms with van der Waals surface area (Å²) in [5, 5.41) is 5.31. The molecule has 34 heavy (non-hydrogen) atoms. The van der Waals surface area contributed by atoms with Crippen LogP contribution in [0.5, 0.6) is 0 Å². The zero-order valence-electron chi connectivity index (χ0n) is 18.5. The minimum absolute atomic E-state index is 0.00759. The van der Waals surface area contributed by atoms with E-state index in [1.807, 2.05) is 42.5 Å². The molecule has 6 rings (SSSR count).